The summed E-state index contributed by atoms with van der Waals surface area (Å²) < 4.78 is 0. The lowest BCUT2D eigenvalue weighted by atomic mass is 10.2. The van der Waals surface area contributed by atoms with Crippen LogP contribution in [0, 0.1) is 6.92 Å². The molecule has 20 heavy (non-hydrogen) atoms. The summed E-state index contributed by atoms with van der Waals surface area (Å²) in [4.78, 5) is 22.1. The zero-order chi connectivity index (χ0) is 13.9. The minimum atomic E-state index is -0.195. The molecule has 0 aliphatic carbocycles. The van der Waals surface area contributed by atoms with Gasteiger partial charge >= 0.3 is 0 Å². The molecule has 0 spiro atoms. The second kappa shape index (κ2) is 5.25. The second-order valence-electron chi connectivity index (χ2n) is 4.17. The molecule has 3 N–H and O–H groups in total. The molecule has 0 fully saturated rings. The highest BCUT2D eigenvalue weighted by molar-refractivity contribution is 7.09. The molecule has 0 bridgehead atoms. The van der Waals surface area contributed by atoms with Crippen LogP contribution in [0.15, 0.2) is 24.0 Å². The van der Waals surface area contributed by atoms with Crippen LogP contribution in [0.1, 0.15) is 21.3 Å². The SMILES string of the molecule is Cc1nc(-c2c[nH]c(C(=O)NCc3nnc[nH]3)c2)cs1. The molecule has 1 amide bonds. The van der Waals surface area contributed by atoms with Crippen molar-refractivity contribution < 1.29 is 4.79 Å². The molecule has 7 nitrogen and oxygen atoms in total. The molecular formula is C12H12N6OS. The first-order chi connectivity index (χ1) is 9.72. The number of amides is 1. The Morgan fingerprint density at radius 1 is 1.45 bits per heavy atom. The van der Waals surface area contributed by atoms with Gasteiger partial charge in [0.05, 0.1) is 17.2 Å². The number of aromatic nitrogens is 5. The Hall–Kier alpha value is -2.48. The van der Waals surface area contributed by atoms with Gasteiger partial charge in [-0.25, -0.2) is 4.98 Å². The number of thiazole rings is 1. The van der Waals surface area contributed by atoms with Gasteiger partial charge in [0.15, 0.2) is 0 Å². The predicted octanol–water partition coefficient (Wildman–Crippen LogP) is 1.49. The van der Waals surface area contributed by atoms with Gasteiger partial charge in [-0.15, -0.1) is 21.5 Å². The van der Waals surface area contributed by atoms with Gasteiger partial charge in [0, 0.05) is 17.1 Å². The third-order valence-electron chi connectivity index (χ3n) is 2.73. The first-order valence-electron chi connectivity index (χ1n) is 5.96. The Bertz CT molecular complexity index is 714. The van der Waals surface area contributed by atoms with Gasteiger partial charge in [0.1, 0.15) is 17.8 Å². The number of aromatic amines is 2. The van der Waals surface area contributed by atoms with E-state index in [1.807, 2.05) is 12.3 Å². The van der Waals surface area contributed by atoms with E-state index in [1.54, 1.807) is 23.6 Å². The molecule has 8 heteroatoms. The van der Waals surface area contributed by atoms with Crippen molar-refractivity contribution in [1.29, 1.82) is 0 Å². The van der Waals surface area contributed by atoms with E-state index in [1.165, 1.54) is 6.33 Å². The van der Waals surface area contributed by atoms with Crippen molar-refractivity contribution in [2.75, 3.05) is 0 Å². The molecular weight excluding hydrogens is 276 g/mol. The number of nitrogens with one attached hydrogen (secondary N) is 3. The van der Waals surface area contributed by atoms with Gasteiger partial charge in [-0.1, -0.05) is 0 Å². The number of carbonyl (C=O) groups is 1. The highest BCUT2D eigenvalue weighted by Crippen LogP contribution is 2.22. The lowest BCUT2D eigenvalue weighted by Gasteiger charge is -1.99. The first kappa shape index (κ1) is 12.5. The van der Waals surface area contributed by atoms with Gasteiger partial charge < -0.3 is 15.3 Å². The Kier molecular flexibility index (Phi) is 3.30. The fraction of sp³-hybridized carbons (Fsp3) is 0.167. The Morgan fingerprint density at radius 3 is 3.05 bits per heavy atom. The van der Waals surface area contributed by atoms with Crippen molar-refractivity contribution in [3.63, 3.8) is 0 Å². The van der Waals surface area contributed by atoms with Crippen LogP contribution in [0.5, 0.6) is 0 Å². The molecule has 3 aromatic heterocycles. The zero-order valence-corrected chi connectivity index (χ0v) is 11.5. The van der Waals surface area contributed by atoms with Crippen molar-refractivity contribution in [3.8, 4) is 11.3 Å². The van der Waals surface area contributed by atoms with E-state index in [0.717, 1.165) is 16.3 Å². The number of aryl methyl sites for hydroxylation is 1. The van der Waals surface area contributed by atoms with Crippen LogP contribution in [0.4, 0.5) is 0 Å². The summed E-state index contributed by atoms with van der Waals surface area (Å²) in [5, 5.41) is 13.2. The molecule has 0 aliphatic rings. The molecule has 3 aromatic rings. The number of nitrogens with zero attached hydrogens (tertiary/aromatic N) is 3. The quantitative estimate of drug-likeness (QED) is 0.677. The first-order valence-corrected chi connectivity index (χ1v) is 6.84. The van der Waals surface area contributed by atoms with Crippen LogP contribution in [-0.4, -0.2) is 31.1 Å². The van der Waals surface area contributed by atoms with Crippen LogP contribution < -0.4 is 5.32 Å². The largest absolute Gasteiger partial charge is 0.357 e. The van der Waals surface area contributed by atoms with Crippen molar-refractivity contribution in [2.45, 2.75) is 13.5 Å². The van der Waals surface area contributed by atoms with Gasteiger partial charge in [-0.2, -0.15) is 0 Å². The Labute approximate surface area is 118 Å². The molecule has 3 heterocycles. The average Bonchev–Trinajstić information content (AvgIpc) is 3.16. The lowest BCUT2D eigenvalue weighted by Crippen LogP contribution is -2.23. The molecule has 0 saturated carbocycles. The number of hydrogen-bond donors (Lipinski definition) is 3. The van der Waals surface area contributed by atoms with E-state index in [-0.39, 0.29) is 5.91 Å². The van der Waals surface area contributed by atoms with Crippen molar-refractivity contribution in [1.82, 2.24) is 30.5 Å². The number of H-pyrrole nitrogens is 2. The van der Waals surface area contributed by atoms with Crippen LogP contribution in [0.3, 0.4) is 0 Å². The van der Waals surface area contributed by atoms with Crippen molar-refractivity contribution in [3.05, 3.63) is 40.5 Å². The van der Waals surface area contributed by atoms with Crippen LogP contribution in [0.2, 0.25) is 0 Å². The maximum atomic E-state index is 12.0. The molecule has 3 rings (SSSR count). The van der Waals surface area contributed by atoms with E-state index in [9.17, 15) is 4.79 Å². The Balaban J connectivity index is 1.68. The normalized spacial score (nSPS) is 10.7. The highest BCUT2D eigenvalue weighted by atomic mass is 32.1. The van der Waals surface area contributed by atoms with Gasteiger partial charge in [0.25, 0.3) is 5.91 Å². The smallest absolute Gasteiger partial charge is 0.268 e. The average molecular weight is 288 g/mol. The lowest BCUT2D eigenvalue weighted by molar-refractivity contribution is 0.0945. The van der Waals surface area contributed by atoms with Gasteiger partial charge in [0.2, 0.25) is 0 Å². The maximum absolute atomic E-state index is 12.0. The molecule has 0 aromatic carbocycles. The van der Waals surface area contributed by atoms with Crippen molar-refractivity contribution in [2.24, 2.45) is 0 Å². The molecule has 0 saturated heterocycles. The zero-order valence-electron chi connectivity index (χ0n) is 10.7. The van der Waals surface area contributed by atoms with Gasteiger partial charge in [-0.3, -0.25) is 4.79 Å². The van der Waals surface area contributed by atoms with E-state index >= 15 is 0 Å². The molecule has 102 valence electrons. The summed E-state index contributed by atoms with van der Waals surface area (Å²) in [6, 6.07) is 1.78. The molecule has 0 radical (unpaired) electrons. The van der Waals surface area contributed by atoms with Crippen LogP contribution in [-0.2, 0) is 6.54 Å². The maximum Gasteiger partial charge on any atom is 0.268 e. The summed E-state index contributed by atoms with van der Waals surface area (Å²) in [5.41, 5.74) is 2.27. The number of carbonyl (C=O) groups excluding carboxylic acids is 1. The Morgan fingerprint density at radius 2 is 2.35 bits per heavy atom. The minimum absolute atomic E-state index is 0.195. The van der Waals surface area contributed by atoms with E-state index in [4.69, 9.17) is 0 Å². The van der Waals surface area contributed by atoms with E-state index in [2.05, 4.69) is 30.5 Å². The fourth-order valence-electron chi connectivity index (χ4n) is 1.75. The summed E-state index contributed by atoms with van der Waals surface area (Å²) in [5.74, 6) is 0.417. The standard InChI is InChI=1S/C12H12N6OS/c1-7-17-10(5-20-7)8-2-9(13-3-8)12(19)14-4-11-15-6-16-18-11/h2-3,5-6,13H,4H2,1H3,(H,14,19)(H,15,16,18). The second-order valence-corrected chi connectivity index (χ2v) is 5.23. The minimum Gasteiger partial charge on any atom is -0.357 e. The third kappa shape index (κ3) is 2.59. The number of hydrogen-bond acceptors (Lipinski definition) is 5. The molecule has 0 unspecified atom stereocenters. The number of rotatable bonds is 4. The summed E-state index contributed by atoms with van der Waals surface area (Å²) in [6.07, 6.45) is 3.25. The van der Waals surface area contributed by atoms with Gasteiger partial charge in [-0.05, 0) is 13.0 Å². The van der Waals surface area contributed by atoms with E-state index in [0.29, 0.717) is 18.1 Å². The molecule has 0 atom stereocenters. The summed E-state index contributed by atoms with van der Waals surface area (Å²) in [6.45, 7) is 2.26. The summed E-state index contributed by atoms with van der Waals surface area (Å²) >= 11 is 1.58. The molecule has 0 aliphatic heterocycles. The van der Waals surface area contributed by atoms with E-state index < -0.39 is 0 Å². The highest BCUT2D eigenvalue weighted by Gasteiger charge is 2.11. The predicted molar refractivity (Wildman–Crippen MR) is 74.2 cm³/mol. The summed E-state index contributed by atoms with van der Waals surface area (Å²) in [7, 11) is 0. The fourth-order valence-corrected chi connectivity index (χ4v) is 2.37. The van der Waals surface area contributed by atoms with Crippen LogP contribution >= 0.6 is 11.3 Å². The topological polar surface area (TPSA) is 99.3 Å². The third-order valence-corrected chi connectivity index (χ3v) is 3.50. The van der Waals surface area contributed by atoms with Crippen molar-refractivity contribution >= 4 is 17.2 Å². The monoisotopic (exact) mass is 288 g/mol. The van der Waals surface area contributed by atoms with Crippen LogP contribution in [0.25, 0.3) is 11.3 Å².